The lowest BCUT2D eigenvalue weighted by molar-refractivity contribution is -0.143. The van der Waals surface area contributed by atoms with Gasteiger partial charge in [0.1, 0.15) is 0 Å². The van der Waals surface area contributed by atoms with Gasteiger partial charge in [0, 0.05) is 6.42 Å². The van der Waals surface area contributed by atoms with Crippen molar-refractivity contribution in [1.29, 1.82) is 0 Å². The van der Waals surface area contributed by atoms with E-state index in [9.17, 15) is 4.79 Å². The van der Waals surface area contributed by atoms with Crippen molar-refractivity contribution in [2.24, 2.45) is 0 Å². The maximum Gasteiger partial charge on any atom is 0.305 e. The highest BCUT2D eigenvalue weighted by molar-refractivity contribution is 5.69. The van der Waals surface area contributed by atoms with Gasteiger partial charge in [0.2, 0.25) is 0 Å². The molecule has 0 bridgehead atoms. The second-order valence-corrected chi connectivity index (χ2v) is 14.3. The van der Waals surface area contributed by atoms with Gasteiger partial charge < -0.3 is 4.74 Å². The quantitative estimate of drug-likeness (QED) is 0.0505. The number of unbranched alkanes of at least 4 members (excludes halogenated alkanes) is 35. The van der Waals surface area contributed by atoms with Gasteiger partial charge in [-0.1, -0.05) is 239 Å². The highest BCUT2D eigenvalue weighted by atomic mass is 16.5. The summed E-state index contributed by atoms with van der Waals surface area (Å²) in [6, 6.07) is 0. The second-order valence-electron chi connectivity index (χ2n) is 14.3. The van der Waals surface area contributed by atoms with E-state index in [1.807, 2.05) is 0 Å². The van der Waals surface area contributed by atoms with Crippen LogP contribution in [0.25, 0.3) is 0 Å². The fourth-order valence-electron chi connectivity index (χ4n) is 6.61. The van der Waals surface area contributed by atoms with E-state index < -0.39 is 0 Å². The lowest BCUT2D eigenvalue weighted by Gasteiger charge is -2.06. The molecular weight excluding hydrogens is 536 g/mol. The number of rotatable bonds is 39. The van der Waals surface area contributed by atoms with Gasteiger partial charge in [0.05, 0.1) is 6.61 Å². The molecule has 0 N–H and O–H groups in total. The van der Waals surface area contributed by atoms with E-state index in [1.165, 1.54) is 225 Å². The molecule has 0 aliphatic heterocycles. The van der Waals surface area contributed by atoms with Crippen LogP contribution in [-0.4, -0.2) is 12.6 Å². The Hall–Kier alpha value is -0.530. The lowest BCUT2D eigenvalue weighted by atomic mass is 10.0. The maximum atomic E-state index is 12.0. The zero-order chi connectivity index (χ0) is 31.9. The Morgan fingerprint density at radius 3 is 0.750 bits per heavy atom. The Kier molecular flexibility index (Phi) is 40.0. The summed E-state index contributed by atoms with van der Waals surface area (Å²) in [5, 5.41) is 0. The van der Waals surface area contributed by atoms with Crippen LogP contribution in [0.1, 0.15) is 258 Å². The van der Waals surface area contributed by atoms with Crippen molar-refractivity contribution >= 4 is 5.97 Å². The summed E-state index contributed by atoms with van der Waals surface area (Å²) in [6.07, 6.45) is 52.0. The molecule has 0 saturated carbocycles. The SMILES string of the molecule is CCCCCCCCCCCCCCCCCCCCCCOC(=O)CCCCCCCCCCCCCCCCCCC. The van der Waals surface area contributed by atoms with E-state index in [4.69, 9.17) is 4.74 Å². The van der Waals surface area contributed by atoms with Crippen LogP contribution in [0.2, 0.25) is 0 Å². The Balaban J connectivity index is 3.14. The minimum atomic E-state index is 0.0313. The molecule has 0 unspecified atom stereocenters. The van der Waals surface area contributed by atoms with Gasteiger partial charge in [-0.15, -0.1) is 0 Å². The molecule has 0 aromatic carbocycles. The molecule has 0 aromatic rings. The highest BCUT2D eigenvalue weighted by Gasteiger charge is 2.03. The predicted molar refractivity (Wildman–Crippen MR) is 198 cm³/mol. The zero-order valence-corrected chi connectivity index (χ0v) is 30.9. The number of hydrogen-bond donors (Lipinski definition) is 0. The van der Waals surface area contributed by atoms with E-state index in [1.54, 1.807) is 0 Å². The Morgan fingerprint density at radius 2 is 0.500 bits per heavy atom. The minimum Gasteiger partial charge on any atom is -0.466 e. The molecule has 0 radical (unpaired) electrons. The maximum absolute atomic E-state index is 12.0. The van der Waals surface area contributed by atoms with Crippen molar-refractivity contribution in [3.8, 4) is 0 Å². The Morgan fingerprint density at radius 1 is 0.295 bits per heavy atom. The van der Waals surface area contributed by atoms with Gasteiger partial charge in [0.15, 0.2) is 0 Å². The molecule has 0 aliphatic rings. The van der Waals surface area contributed by atoms with Gasteiger partial charge in [-0.2, -0.15) is 0 Å². The third-order valence-corrected chi connectivity index (χ3v) is 9.75. The highest BCUT2D eigenvalue weighted by Crippen LogP contribution is 2.16. The summed E-state index contributed by atoms with van der Waals surface area (Å²) in [5.41, 5.74) is 0. The molecule has 44 heavy (non-hydrogen) atoms. The third-order valence-electron chi connectivity index (χ3n) is 9.75. The second kappa shape index (κ2) is 40.5. The fourth-order valence-corrected chi connectivity index (χ4v) is 6.61. The Labute approximate surface area is 279 Å². The van der Waals surface area contributed by atoms with Crippen LogP contribution in [0.3, 0.4) is 0 Å². The molecule has 0 atom stereocenters. The molecule has 0 rings (SSSR count). The predicted octanol–water partition coefficient (Wildman–Crippen LogP) is 15.4. The van der Waals surface area contributed by atoms with Crippen molar-refractivity contribution in [2.45, 2.75) is 258 Å². The molecule has 0 heterocycles. The molecular formula is C42H84O2. The third kappa shape index (κ3) is 39.5. The summed E-state index contributed by atoms with van der Waals surface area (Å²) in [6.45, 7) is 5.23. The molecule has 0 amide bonds. The van der Waals surface area contributed by atoms with Crippen LogP contribution in [0.5, 0.6) is 0 Å². The van der Waals surface area contributed by atoms with Gasteiger partial charge in [-0.05, 0) is 12.8 Å². The summed E-state index contributed by atoms with van der Waals surface area (Å²) in [4.78, 5) is 12.0. The minimum absolute atomic E-state index is 0.0313. The summed E-state index contributed by atoms with van der Waals surface area (Å²) >= 11 is 0. The van der Waals surface area contributed by atoms with Crippen molar-refractivity contribution in [3.05, 3.63) is 0 Å². The smallest absolute Gasteiger partial charge is 0.305 e. The molecule has 0 aromatic heterocycles. The molecule has 2 heteroatoms. The molecule has 0 spiro atoms. The average Bonchev–Trinajstić information content (AvgIpc) is 3.03. The van der Waals surface area contributed by atoms with Crippen LogP contribution in [0.4, 0.5) is 0 Å². The molecule has 0 fully saturated rings. The first-order valence-electron chi connectivity index (χ1n) is 21.0. The Bertz CT molecular complexity index is 516. The zero-order valence-electron chi connectivity index (χ0n) is 30.9. The van der Waals surface area contributed by atoms with Crippen LogP contribution < -0.4 is 0 Å². The van der Waals surface area contributed by atoms with Gasteiger partial charge in [-0.3, -0.25) is 4.79 Å². The largest absolute Gasteiger partial charge is 0.466 e. The van der Waals surface area contributed by atoms with Crippen LogP contribution in [-0.2, 0) is 9.53 Å². The number of esters is 1. The number of ether oxygens (including phenoxy) is 1. The van der Waals surface area contributed by atoms with Crippen molar-refractivity contribution < 1.29 is 9.53 Å². The fraction of sp³-hybridized carbons (Fsp3) is 0.976. The summed E-state index contributed by atoms with van der Waals surface area (Å²) in [7, 11) is 0. The van der Waals surface area contributed by atoms with Crippen molar-refractivity contribution in [2.75, 3.05) is 6.61 Å². The standard InChI is InChI=1S/C42H84O2/c1-3-5-7-9-11-13-15-17-19-21-22-23-25-27-29-31-33-35-37-39-41-44-42(43)40-38-36-34-32-30-28-26-24-20-18-16-14-12-10-8-6-4-2/h3-41H2,1-2H3. The normalized spacial score (nSPS) is 11.4. The van der Waals surface area contributed by atoms with Crippen LogP contribution >= 0.6 is 0 Å². The van der Waals surface area contributed by atoms with Crippen LogP contribution in [0, 0.1) is 0 Å². The van der Waals surface area contributed by atoms with E-state index >= 15 is 0 Å². The first kappa shape index (κ1) is 43.5. The van der Waals surface area contributed by atoms with Gasteiger partial charge >= 0.3 is 5.97 Å². The topological polar surface area (TPSA) is 26.3 Å². The lowest BCUT2D eigenvalue weighted by Crippen LogP contribution is -2.05. The number of carbonyl (C=O) groups is 1. The van der Waals surface area contributed by atoms with Crippen molar-refractivity contribution in [1.82, 2.24) is 0 Å². The molecule has 0 aliphatic carbocycles. The van der Waals surface area contributed by atoms with Crippen molar-refractivity contribution in [3.63, 3.8) is 0 Å². The number of hydrogen-bond acceptors (Lipinski definition) is 2. The van der Waals surface area contributed by atoms with E-state index in [2.05, 4.69) is 13.8 Å². The van der Waals surface area contributed by atoms with Gasteiger partial charge in [0.25, 0.3) is 0 Å². The van der Waals surface area contributed by atoms with E-state index in [-0.39, 0.29) is 5.97 Å². The van der Waals surface area contributed by atoms with Crippen LogP contribution in [0.15, 0.2) is 0 Å². The molecule has 0 saturated heterocycles. The average molecular weight is 621 g/mol. The van der Waals surface area contributed by atoms with E-state index in [0.717, 1.165) is 12.8 Å². The first-order chi connectivity index (χ1) is 21.8. The van der Waals surface area contributed by atoms with Gasteiger partial charge in [-0.25, -0.2) is 0 Å². The monoisotopic (exact) mass is 621 g/mol. The molecule has 2 nitrogen and oxygen atoms in total. The first-order valence-corrected chi connectivity index (χ1v) is 21.0. The molecule has 264 valence electrons. The summed E-state index contributed by atoms with van der Waals surface area (Å²) < 4.78 is 5.47. The van der Waals surface area contributed by atoms with E-state index in [0.29, 0.717) is 13.0 Å². The summed E-state index contributed by atoms with van der Waals surface area (Å²) in [5.74, 6) is 0.0313. The number of carbonyl (C=O) groups excluding carboxylic acids is 1.